The van der Waals surface area contributed by atoms with Crippen molar-refractivity contribution in [2.45, 2.75) is 68.9 Å². The molecule has 5 amide bonds. The number of rotatable bonds is 6. The van der Waals surface area contributed by atoms with Gasteiger partial charge in [-0.3, -0.25) is 28.9 Å². The number of benzene rings is 2. The van der Waals surface area contributed by atoms with Gasteiger partial charge in [-0.05, 0) is 36.2 Å². The molecule has 5 N–H and O–H groups in total. The number of anilines is 1. The summed E-state index contributed by atoms with van der Waals surface area (Å²) in [5.41, 5.74) is 1.53. The third-order valence-electron chi connectivity index (χ3n) is 9.46. The van der Waals surface area contributed by atoms with Crippen molar-refractivity contribution in [1.82, 2.24) is 25.3 Å². The molecule has 4 heterocycles. The van der Waals surface area contributed by atoms with Crippen molar-refractivity contribution in [3.8, 4) is 5.75 Å². The van der Waals surface area contributed by atoms with Crippen LogP contribution in [0.5, 0.6) is 5.75 Å². The third-order valence-corrected chi connectivity index (χ3v) is 9.46. The first-order valence-electron chi connectivity index (χ1n) is 16.5. The minimum absolute atomic E-state index is 0.0755. The van der Waals surface area contributed by atoms with Crippen LogP contribution in [0.1, 0.15) is 25.3 Å². The van der Waals surface area contributed by atoms with Crippen molar-refractivity contribution in [2.75, 3.05) is 44.6 Å². The Morgan fingerprint density at radius 3 is 2.43 bits per heavy atom. The second-order valence-corrected chi connectivity index (χ2v) is 13.0. The number of fused-ring (bicyclic) bond motifs is 6. The van der Waals surface area contributed by atoms with Gasteiger partial charge in [0.05, 0.1) is 25.1 Å². The molecule has 0 aliphatic carbocycles. The van der Waals surface area contributed by atoms with E-state index in [0.29, 0.717) is 30.9 Å². The molecule has 0 saturated carbocycles. The number of nitrogens with one attached hydrogen (secondary N) is 3. The standard InChI is InChI=1S/C34H42N6O9/c1-20(41)36-22-9-7-21(8-10-22)16-39-17-23-13-25(39)34(47)38-11-12-40(30(43)19-48-24-5-3-2-4-6-24)26(18-38)33(46)35-15-28-32(45)31(44)27(49-28)14-29(42)37-23/h2-10,23,25-28,31-32,44-45H,11-19H2,1H3,(H,35,46)(H,36,41)(H,37,42)/t23-,25-,26-,27-,28+,31-,32+/m0/s1. The fourth-order valence-electron chi connectivity index (χ4n) is 6.98. The molecule has 0 aromatic heterocycles. The number of hydrogen-bond donors (Lipinski definition) is 5. The lowest BCUT2D eigenvalue weighted by molar-refractivity contribution is -0.151. The van der Waals surface area contributed by atoms with Gasteiger partial charge in [-0.1, -0.05) is 30.3 Å². The Balaban J connectivity index is 1.24. The number of hydrogen-bond acceptors (Lipinski definition) is 10. The molecule has 2 aromatic rings. The predicted octanol–water partition coefficient (Wildman–Crippen LogP) is -1.17. The summed E-state index contributed by atoms with van der Waals surface area (Å²) in [5, 5.41) is 29.8. The lowest BCUT2D eigenvalue weighted by Crippen LogP contribution is -2.64. The number of amides is 5. The van der Waals surface area contributed by atoms with E-state index in [4.69, 9.17) is 9.47 Å². The summed E-state index contributed by atoms with van der Waals surface area (Å²) in [7, 11) is 0. The summed E-state index contributed by atoms with van der Waals surface area (Å²) in [6.45, 7) is 1.87. The largest absolute Gasteiger partial charge is 0.484 e. The van der Waals surface area contributed by atoms with E-state index in [-0.39, 0.29) is 51.0 Å². The zero-order valence-electron chi connectivity index (χ0n) is 27.2. The Hall–Kier alpha value is -4.57. The number of aliphatic hydroxyl groups is 2. The van der Waals surface area contributed by atoms with Gasteiger partial charge in [-0.2, -0.15) is 0 Å². The Morgan fingerprint density at radius 1 is 0.959 bits per heavy atom. The number of carbonyl (C=O) groups is 5. The highest BCUT2D eigenvalue weighted by molar-refractivity contribution is 5.91. The molecule has 0 spiro atoms. The van der Waals surface area contributed by atoms with Crippen molar-refractivity contribution in [3.63, 3.8) is 0 Å². The molecule has 15 nitrogen and oxygen atoms in total. The molecule has 7 atom stereocenters. The maximum Gasteiger partial charge on any atom is 0.261 e. The number of piperazine rings is 1. The van der Waals surface area contributed by atoms with Gasteiger partial charge in [0, 0.05) is 51.4 Å². The van der Waals surface area contributed by atoms with Gasteiger partial charge in [-0.25, -0.2) is 0 Å². The van der Waals surface area contributed by atoms with Gasteiger partial charge in [-0.15, -0.1) is 0 Å². The van der Waals surface area contributed by atoms with Crippen molar-refractivity contribution < 1.29 is 43.7 Å². The molecule has 4 aliphatic heterocycles. The molecule has 262 valence electrons. The maximum atomic E-state index is 14.2. The average Bonchev–Trinajstić information content (AvgIpc) is 3.60. The van der Waals surface area contributed by atoms with E-state index in [9.17, 15) is 34.2 Å². The molecule has 4 saturated heterocycles. The average molecular weight is 679 g/mol. The third kappa shape index (κ3) is 8.02. The molecule has 15 heteroatoms. The molecule has 4 fully saturated rings. The van der Waals surface area contributed by atoms with Crippen LogP contribution in [0.15, 0.2) is 54.6 Å². The minimum atomic E-state index is -1.35. The quantitative estimate of drug-likeness (QED) is 0.249. The van der Waals surface area contributed by atoms with Crippen molar-refractivity contribution in [3.05, 3.63) is 60.2 Å². The summed E-state index contributed by atoms with van der Waals surface area (Å²) in [6, 6.07) is 14.0. The second kappa shape index (κ2) is 14.9. The van der Waals surface area contributed by atoms with Crippen LogP contribution in [-0.2, 0) is 35.3 Å². The summed E-state index contributed by atoms with van der Waals surface area (Å²) < 4.78 is 11.5. The normalized spacial score (nSPS) is 29.3. The summed E-state index contributed by atoms with van der Waals surface area (Å²) in [6.07, 6.45) is -4.61. The number of aliphatic hydroxyl groups excluding tert-OH is 2. The van der Waals surface area contributed by atoms with Crippen LogP contribution in [0.4, 0.5) is 5.69 Å². The van der Waals surface area contributed by atoms with Crippen molar-refractivity contribution >= 4 is 35.2 Å². The topological polar surface area (TPSA) is 190 Å². The van der Waals surface area contributed by atoms with Crippen LogP contribution in [0.3, 0.4) is 0 Å². The van der Waals surface area contributed by atoms with E-state index in [1.54, 1.807) is 41.3 Å². The number of para-hydroxylation sites is 1. The molecule has 2 aromatic carbocycles. The maximum absolute atomic E-state index is 14.2. The molecular weight excluding hydrogens is 636 g/mol. The van der Waals surface area contributed by atoms with Crippen LogP contribution in [0.2, 0.25) is 0 Å². The van der Waals surface area contributed by atoms with Crippen LogP contribution in [-0.4, -0.2) is 136 Å². The molecule has 0 radical (unpaired) electrons. The van der Waals surface area contributed by atoms with E-state index in [1.807, 2.05) is 23.1 Å². The second-order valence-electron chi connectivity index (χ2n) is 13.0. The van der Waals surface area contributed by atoms with Gasteiger partial charge in [0.2, 0.25) is 23.6 Å². The Kier molecular flexibility index (Phi) is 10.4. The van der Waals surface area contributed by atoms with Gasteiger partial charge >= 0.3 is 0 Å². The van der Waals surface area contributed by atoms with Crippen LogP contribution >= 0.6 is 0 Å². The fraction of sp³-hybridized carbons (Fsp3) is 0.500. The fourth-order valence-corrected chi connectivity index (χ4v) is 6.98. The zero-order valence-corrected chi connectivity index (χ0v) is 27.2. The zero-order chi connectivity index (χ0) is 34.7. The Bertz CT molecular complexity index is 1540. The highest BCUT2D eigenvalue weighted by Gasteiger charge is 2.47. The van der Waals surface area contributed by atoms with Gasteiger partial charge in [0.25, 0.3) is 5.91 Å². The van der Waals surface area contributed by atoms with Crippen LogP contribution in [0.25, 0.3) is 0 Å². The Labute approximate surface area is 283 Å². The SMILES string of the molecule is CC(=O)Nc1ccc(CN2C[C@@H]3C[C@H]2C(=O)N2CCN(C(=O)COc4ccccc4)[C@@H](C2)C(=O)NC[C@H]2O[C@@H](CC(=O)N3)[C@H](O)[C@@H]2O)cc1. The lowest BCUT2D eigenvalue weighted by atomic mass is 10.0. The molecule has 4 aliphatic rings. The van der Waals surface area contributed by atoms with Gasteiger partial charge in [0.15, 0.2) is 6.61 Å². The van der Waals surface area contributed by atoms with Gasteiger partial charge < -0.3 is 45.4 Å². The molecular formula is C34H42N6O9. The van der Waals surface area contributed by atoms with E-state index in [1.165, 1.54) is 11.8 Å². The van der Waals surface area contributed by atoms with E-state index >= 15 is 0 Å². The summed E-state index contributed by atoms with van der Waals surface area (Å²) in [4.78, 5) is 70.9. The monoisotopic (exact) mass is 678 g/mol. The lowest BCUT2D eigenvalue weighted by Gasteiger charge is -2.42. The number of carbonyl (C=O) groups excluding carboxylic acids is 5. The highest BCUT2D eigenvalue weighted by Crippen LogP contribution is 2.27. The minimum Gasteiger partial charge on any atom is -0.484 e. The predicted molar refractivity (Wildman–Crippen MR) is 174 cm³/mol. The van der Waals surface area contributed by atoms with Crippen molar-refractivity contribution in [1.29, 1.82) is 0 Å². The smallest absolute Gasteiger partial charge is 0.261 e. The highest BCUT2D eigenvalue weighted by atomic mass is 16.5. The number of ether oxygens (including phenoxy) is 2. The van der Waals surface area contributed by atoms with E-state index < -0.39 is 60.3 Å². The first-order chi connectivity index (χ1) is 23.5. The molecule has 6 bridgehead atoms. The number of likely N-dealkylation sites (tertiary alicyclic amines) is 1. The summed E-state index contributed by atoms with van der Waals surface area (Å²) >= 11 is 0. The first kappa shape index (κ1) is 34.3. The first-order valence-corrected chi connectivity index (χ1v) is 16.5. The van der Waals surface area contributed by atoms with Crippen LogP contribution < -0.4 is 20.7 Å². The number of nitrogens with zero attached hydrogens (tertiary/aromatic N) is 3. The van der Waals surface area contributed by atoms with E-state index in [2.05, 4.69) is 16.0 Å². The molecule has 0 unspecified atom stereocenters. The van der Waals surface area contributed by atoms with Crippen LogP contribution in [0, 0.1) is 0 Å². The summed E-state index contributed by atoms with van der Waals surface area (Å²) in [5.74, 6) is -1.28. The van der Waals surface area contributed by atoms with Crippen molar-refractivity contribution in [2.24, 2.45) is 0 Å². The van der Waals surface area contributed by atoms with Gasteiger partial charge in [0.1, 0.15) is 30.1 Å². The molecule has 49 heavy (non-hydrogen) atoms. The van der Waals surface area contributed by atoms with E-state index in [0.717, 1.165) is 5.56 Å². The molecule has 6 rings (SSSR count). The Morgan fingerprint density at radius 2 is 1.69 bits per heavy atom.